The van der Waals surface area contributed by atoms with Gasteiger partial charge in [-0.15, -0.1) is 0 Å². The maximum Gasteiger partial charge on any atom is 0.221 e. The Balaban J connectivity index is 2.00. The topological polar surface area (TPSA) is 67.4 Å². The fourth-order valence-electron chi connectivity index (χ4n) is 2.64. The van der Waals surface area contributed by atoms with E-state index in [2.05, 4.69) is 35.4 Å². The van der Waals surface area contributed by atoms with Gasteiger partial charge in [0.25, 0.3) is 0 Å². The number of rotatable bonds is 10. The first kappa shape index (κ1) is 21.2. The van der Waals surface area contributed by atoms with E-state index in [1.54, 1.807) is 7.11 Å². The predicted octanol–water partition coefficient (Wildman–Crippen LogP) is 3.66. The molecule has 2 rings (SSSR count). The normalized spacial score (nSPS) is 12.1. The van der Waals surface area contributed by atoms with Crippen molar-refractivity contribution in [2.45, 2.75) is 59.0 Å². The summed E-state index contributed by atoms with van der Waals surface area (Å²) in [6.07, 6.45) is 2.05. The molecule has 1 heterocycles. The van der Waals surface area contributed by atoms with Gasteiger partial charge in [-0.05, 0) is 44.9 Å². The van der Waals surface area contributed by atoms with Crippen molar-refractivity contribution in [1.29, 1.82) is 0 Å². The van der Waals surface area contributed by atoms with Crippen LogP contribution in [0.15, 0.2) is 24.3 Å². The SMILES string of the molecule is CCC(C)NC(=O)CCN(c1nc(Cc2cccc(OC)c2)ns1)C(C)C. The molecule has 2 aromatic rings. The number of nitrogens with zero attached hydrogens (tertiary/aromatic N) is 3. The van der Waals surface area contributed by atoms with Gasteiger partial charge < -0.3 is 15.0 Å². The summed E-state index contributed by atoms with van der Waals surface area (Å²) in [4.78, 5) is 18.9. The van der Waals surface area contributed by atoms with Crippen molar-refractivity contribution in [2.75, 3.05) is 18.6 Å². The highest BCUT2D eigenvalue weighted by molar-refractivity contribution is 7.09. The summed E-state index contributed by atoms with van der Waals surface area (Å²) in [5.74, 6) is 1.70. The Labute approximate surface area is 166 Å². The molecule has 0 bridgehead atoms. The van der Waals surface area contributed by atoms with Crippen LogP contribution in [0, 0.1) is 0 Å². The highest BCUT2D eigenvalue weighted by Crippen LogP contribution is 2.22. The number of hydrogen-bond donors (Lipinski definition) is 1. The first-order valence-electron chi connectivity index (χ1n) is 9.44. The van der Waals surface area contributed by atoms with Gasteiger partial charge in [-0.1, -0.05) is 19.1 Å². The third-order valence-corrected chi connectivity index (χ3v) is 5.21. The van der Waals surface area contributed by atoms with Gasteiger partial charge in [0, 0.05) is 43.0 Å². The monoisotopic (exact) mass is 390 g/mol. The summed E-state index contributed by atoms with van der Waals surface area (Å²) in [6, 6.07) is 8.40. The van der Waals surface area contributed by atoms with Gasteiger partial charge in [0.2, 0.25) is 11.0 Å². The fraction of sp³-hybridized carbons (Fsp3) is 0.550. The molecular formula is C20H30N4O2S. The van der Waals surface area contributed by atoms with Crippen molar-refractivity contribution in [3.63, 3.8) is 0 Å². The summed E-state index contributed by atoms with van der Waals surface area (Å²) < 4.78 is 9.78. The lowest BCUT2D eigenvalue weighted by molar-refractivity contribution is -0.121. The number of anilines is 1. The molecule has 0 aliphatic rings. The standard InChI is InChI=1S/C20H30N4O2S/c1-6-15(4)21-19(25)10-11-24(14(2)3)20-22-18(23-27-20)13-16-8-7-9-17(12-16)26-5/h7-9,12,14-15H,6,10-11,13H2,1-5H3,(H,21,25). The molecule has 0 saturated carbocycles. The lowest BCUT2D eigenvalue weighted by atomic mass is 10.1. The second-order valence-electron chi connectivity index (χ2n) is 6.94. The third kappa shape index (κ3) is 6.50. The zero-order chi connectivity index (χ0) is 19.8. The van der Waals surface area contributed by atoms with Crippen LogP contribution >= 0.6 is 11.5 Å². The van der Waals surface area contributed by atoms with Gasteiger partial charge in [-0.25, -0.2) is 4.98 Å². The van der Waals surface area contributed by atoms with Gasteiger partial charge >= 0.3 is 0 Å². The Morgan fingerprint density at radius 3 is 2.78 bits per heavy atom. The molecule has 1 amide bonds. The minimum Gasteiger partial charge on any atom is -0.497 e. The molecule has 148 valence electrons. The molecule has 6 nitrogen and oxygen atoms in total. The van der Waals surface area contributed by atoms with E-state index >= 15 is 0 Å². The average Bonchev–Trinajstić information content (AvgIpc) is 3.09. The van der Waals surface area contributed by atoms with Crippen LogP contribution in [-0.2, 0) is 11.2 Å². The highest BCUT2D eigenvalue weighted by atomic mass is 32.1. The van der Waals surface area contributed by atoms with E-state index in [4.69, 9.17) is 9.72 Å². The zero-order valence-corrected chi connectivity index (χ0v) is 17.7. The van der Waals surface area contributed by atoms with Gasteiger partial charge in [-0.2, -0.15) is 4.37 Å². The lowest BCUT2D eigenvalue weighted by Crippen LogP contribution is -2.37. The number of carbonyl (C=O) groups is 1. The van der Waals surface area contributed by atoms with Crippen molar-refractivity contribution in [1.82, 2.24) is 14.7 Å². The molecule has 0 saturated heterocycles. The molecule has 0 aliphatic heterocycles. The quantitative estimate of drug-likeness (QED) is 0.671. The van der Waals surface area contributed by atoms with E-state index in [9.17, 15) is 4.79 Å². The molecule has 0 fully saturated rings. The van der Waals surface area contributed by atoms with E-state index in [1.807, 2.05) is 31.2 Å². The molecule has 0 radical (unpaired) electrons. The number of amides is 1. The summed E-state index contributed by atoms with van der Waals surface area (Å²) in [5.41, 5.74) is 1.11. The second-order valence-corrected chi connectivity index (χ2v) is 7.67. The Morgan fingerprint density at radius 1 is 1.33 bits per heavy atom. The van der Waals surface area contributed by atoms with Crippen LogP contribution < -0.4 is 15.0 Å². The summed E-state index contributed by atoms with van der Waals surface area (Å²) >= 11 is 1.39. The minimum absolute atomic E-state index is 0.0797. The smallest absolute Gasteiger partial charge is 0.221 e. The van der Waals surface area contributed by atoms with Crippen molar-refractivity contribution in [2.24, 2.45) is 0 Å². The molecule has 0 spiro atoms. The van der Waals surface area contributed by atoms with Crippen LogP contribution in [0.1, 0.15) is 51.9 Å². The van der Waals surface area contributed by atoms with Crippen LogP contribution in [0.25, 0.3) is 0 Å². The van der Waals surface area contributed by atoms with Crippen LogP contribution in [0.3, 0.4) is 0 Å². The second kappa shape index (κ2) is 10.3. The molecule has 7 heteroatoms. The van der Waals surface area contributed by atoms with Gasteiger partial charge in [0.15, 0.2) is 0 Å². The predicted molar refractivity (Wildman–Crippen MR) is 111 cm³/mol. The Kier molecular flexibility index (Phi) is 8.03. The van der Waals surface area contributed by atoms with E-state index in [0.29, 0.717) is 19.4 Å². The molecule has 1 unspecified atom stereocenters. The largest absolute Gasteiger partial charge is 0.497 e. The van der Waals surface area contributed by atoms with Gasteiger partial charge in [0.1, 0.15) is 11.6 Å². The van der Waals surface area contributed by atoms with Gasteiger partial charge in [-0.3, -0.25) is 4.79 Å². The molecule has 1 atom stereocenters. The Morgan fingerprint density at radius 2 is 2.11 bits per heavy atom. The summed E-state index contributed by atoms with van der Waals surface area (Å²) in [7, 11) is 1.66. The number of hydrogen-bond acceptors (Lipinski definition) is 6. The molecule has 1 aromatic heterocycles. The van der Waals surface area contributed by atoms with E-state index in [1.165, 1.54) is 11.5 Å². The number of benzene rings is 1. The molecule has 27 heavy (non-hydrogen) atoms. The van der Waals surface area contributed by atoms with E-state index in [-0.39, 0.29) is 18.0 Å². The van der Waals surface area contributed by atoms with Crippen molar-refractivity contribution in [3.8, 4) is 5.75 Å². The number of methoxy groups -OCH3 is 1. The Bertz CT molecular complexity index is 732. The number of aromatic nitrogens is 2. The van der Waals surface area contributed by atoms with E-state index < -0.39 is 0 Å². The minimum atomic E-state index is 0.0797. The maximum atomic E-state index is 12.1. The molecular weight excluding hydrogens is 360 g/mol. The van der Waals surface area contributed by atoms with Crippen molar-refractivity contribution in [3.05, 3.63) is 35.7 Å². The maximum absolute atomic E-state index is 12.1. The average molecular weight is 391 g/mol. The summed E-state index contributed by atoms with van der Waals surface area (Å²) in [6.45, 7) is 8.93. The lowest BCUT2D eigenvalue weighted by Gasteiger charge is -2.25. The Hall–Kier alpha value is -2.15. The molecule has 0 aliphatic carbocycles. The number of ether oxygens (including phenoxy) is 1. The fourth-order valence-corrected chi connectivity index (χ4v) is 3.49. The van der Waals surface area contributed by atoms with Crippen LogP contribution in [-0.4, -0.2) is 41.0 Å². The summed E-state index contributed by atoms with van der Waals surface area (Å²) in [5, 5.41) is 3.87. The first-order chi connectivity index (χ1) is 12.9. The van der Waals surface area contributed by atoms with Gasteiger partial charge in [0.05, 0.1) is 7.11 Å². The molecule has 1 aromatic carbocycles. The van der Waals surface area contributed by atoms with Crippen LogP contribution in [0.4, 0.5) is 5.13 Å². The highest BCUT2D eigenvalue weighted by Gasteiger charge is 2.18. The van der Waals surface area contributed by atoms with E-state index in [0.717, 1.165) is 28.7 Å². The number of carbonyl (C=O) groups excluding carboxylic acids is 1. The zero-order valence-electron chi connectivity index (χ0n) is 16.9. The van der Waals surface area contributed by atoms with Crippen molar-refractivity contribution >= 4 is 22.6 Å². The van der Waals surface area contributed by atoms with Crippen LogP contribution in [0.2, 0.25) is 0 Å². The van der Waals surface area contributed by atoms with Crippen LogP contribution in [0.5, 0.6) is 5.75 Å². The van der Waals surface area contributed by atoms with Crippen molar-refractivity contribution < 1.29 is 9.53 Å². The molecule has 1 N–H and O–H groups in total. The number of nitrogens with one attached hydrogen (secondary N) is 1. The third-order valence-electron chi connectivity index (χ3n) is 4.42. The first-order valence-corrected chi connectivity index (χ1v) is 10.2.